The quantitative estimate of drug-likeness (QED) is 0.732. The van der Waals surface area contributed by atoms with Crippen molar-refractivity contribution < 1.29 is 8.78 Å². The molecule has 0 saturated heterocycles. The fourth-order valence-corrected chi connectivity index (χ4v) is 2.39. The van der Waals surface area contributed by atoms with E-state index >= 15 is 0 Å². The lowest BCUT2D eigenvalue weighted by Gasteiger charge is -2.12. The van der Waals surface area contributed by atoms with E-state index in [0.717, 1.165) is 24.5 Å². The van der Waals surface area contributed by atoms with Crippen LogP contribution in [0.3, 0.4) is 0 Å². The third kappa shape index (κ3) is 3.55. The summed E-state index contributed by atoms with van der Waals surface area (Å²) < 4.78 is 27.3. The molecule has 1 aliphatic carbocycles. The molecule has 5 nitrogen and oxygen atoms in total. The summed E-state index contributed by atoms with van der Waals surface area (Å²) in [6.45, 7) is 0. The van der Waals surface area contributed by atoms with E-state index in [1.807, 2.05) is 12.1 Å². The third-order valence-corrected chi connectivity index (χ3v) is 3.83. The van der Waals surface area contributed by atoms with Gasteiger partial charge in [0.05, 0.1) is 11.4 Å². The van der Waals surface area contributed by atoms with Gasteiger partial charge in [0.1, 0.15) is 5.82 Å². The third-order valence-electron chi connectivity index (χ3n) is 3.83. The molecule has 0 radical (unpaired) electrons. The van der Waals surface area contributed by atoms with E-state index in [1.54, 1.807) is 18.5 Å². The number of rotatable bonds is 5. The number of halogens is 2. The number of hydrogen-bond donors (Lipinski definition) is 2. The standard InChI is InChI=1S/C18H15F2N5/c19-13-2-1-3-14(17(13)20)23-16-10-15(11-6-8-21-9-7-11)24-18(25-16)22-12-4-5-12/h1-3,6-10,12H,4-5H2,(H2,22,23,24,25). The van der Waals surface area contributed by atoms with Gasteiger partial charge in [0, 0.05) is 30.1 Å². The number of anilines is 3. The van der Waals surface area contributed by atoms with Crippen LogP contribution in [0.15, 0.2) is 48.8 Å². The van der Waals surface area contributed by atoms with Gasteiger partial charge in [-0.2, -0.15) is 4.98 Å². The molecule has 3 aromatic rings. The minimum Gasteiger partial charge on any atom is -0.351 e. The van der Waals surface area contributed by atoms with Gasteiger partial charge < -0.3 is 10.6 Å². The van der Waals surface area contributed by atoms with Crippen molar-refractivity contribution >= 4 is 17.5 Å². The second-order valence-corrected chi connectivity index (χ2v) is 5.84. The van der Waals surface area contributed by atoms with Gasteiger partial charge in [0.2, 0.25) is 5.95 Å². The van der Waals surface area contributed by atoms with Crippen LogP contribution in [0.25, 0.3) is 11.3 Å². The van der Waals surface area contributed by atoms with Crippen LogP contribution in [0.1, 0.15) is 12.8 Å². The van der Waals surface area contributed by atoms with Crippen molar-refractivity contribution in [3.05, 3.63) is 60.4 Å². The molecule has 0 atom stereocenters. The average molecular weight is 339 g/mol. The van der Waals surface area contributed by atoms with E-state index in [4.69, 9.17) is 0 Å². The molecule has 0 bridgehead atoms. The van der Waals surface area contributed by atoms with Crippen LogP contribution in [0.2, 0.25) is 0 Å². The van der Waals surface area contributed by atoms with Gasteiger partial charge in [-0.05, 0) is 37.1 Å². The summed E-state index contributed by atoms with van der Waals surface area (Å²) in [5.41, 5.74) is 1.55. The Morgan fingerprint density at radius 2 is 1.80 bits per heavy atom. The van der Waals surface area contributed by atoms with Crippen LogP contribution in [-0.2, 0) is 0 Å². The molecular formula is C18H15F2N5. The van der Waals surface area contributed by atoms with Gasteiger partial charge in [-0.1, -0.05) is 6.07 Å². The molecule has 4 rings (SSSR count). The van der Waals surface area contributed by atoms with Crippen molar-refractivity contribution in [2.75, 3.05) is 10.6 Å². The van der Waals surface area contributed by atoms with Gasteiger partial charge in [0.15, 0.2) is 11.6 Å². The Bertz CT molecular complexity index is 897. The van der Waals surface area contributed by atoms with Crippen molar-refractivity contribution in [2.45, 2.75) is 18.9 Å². The first-order chi connectivity index (χ1) is 12.2. The molecule has 0 spiro atoms. The first kappa shape index (κ1) is 15.4. The van der Waals surface area contributed by atoms with Crippen molar-refractivity contribution in [3.8, 4) is 11.3 Å². The van der Waals surface area contributed by atoms with Crippen molar-refractivity contribution in [3.63, 3.8) is 0 Å². The van der Waals surface area contributed by atoms with Crippen molar-refractivity contribution in [1.29, 1.82) is 0 Å². The summed E-state index contributed by atoms with van der Waals surface area (Å²) in [4.78, 5) is 12.9. The summed E-state index contributed by atoms with van der Waals surface area (Å²) in [7, 11) is 0. The number of nitrogens with zero attached hydrogens (tertiary/aromatic N) is 3. The molecule has 1 aromatic carbocycles. The largest absolute Gasteiger partial charge is 0.351 e. The summed E-state index contributed by atoms with van der Waals surface area (Å²) in [5, 5.41) is 6.07. The second kappa shape index (κ2) is 6.43. The number of pyridine rings is 1. The monoisotopic (exact) mass is 339 g/mol. The molecule has 2 heterocycles. The second-order valence-electron chi connectivity index (χ2n) is 5.84. The fourth-order valence-electron chi connectivity index (χ4n) is 2.39. The Balaban J connectivity index is 1.71. The van der Waals surface area contributed by atoms with E-state index in [9.17, 15) is 8.78 Å². The van der Waals surface area contributed by atoms with Gasteiger partial charge >= 0.3 is 0 Å². The average Bonchev–Trinajstić information content (AvgIpc) is 3.43. The molecule has 7 heteroatoms. The van der Waals surface area contributed by atoms with Gasteiger partial charge in [-0.3, -0.25) is 4.98 Å². The van der Waals surface area contributed by atoms with Crippen molar-refractivity contribution in [1.82, 2.24) is 15.0 Å². The summed E-state index contributed by atoms with van der Waals surface area (Å²) >= 11 is 0. The zero-order valence-corrected chi connectivity index (χ0v) is 13.2. The normalized spacial score (nSPS) is 13.5. The highest BCUT2D eigenvalue weighted by atomic mass is 19.2. The molecule has 0 unspecified atom stereocenters. The smallest absolute Gasteiger partial charge is 0.225 e. The molecule has 1 fully saturated rings. The van der Waals surface area contributed by atoms with Crippen LogP contribution in [0.4, 0.5) is 26.2 Å². The van der Waals surface area contributed by atoms with E-state index in [2.05, 4.69) is 25.6 Å². The maximum absolute atomic E-state index is 13.9. The Morgan fingerprint density at radius 1 is 1.00 bits per heavy atom. The minimum absolute atomic E-state index is 0.0248. The van der Waals surface area contributed by atoms with E-state index in [1.165, 1.54) is 12.1 Å². The minimum atomic E-state index is -0.941. The highest BCUT2D eigenvalue weighted by Gasteiger charge is 2.22. The lowest BCUT2D eigenvalue weighted by atomic mass is 10.2. The first-order valence-electron chi connectivity index (χ1n) is 7.96. The first-order valence-corrected chi connectivity index (χ1v) is 7.96. The van der Waals surface area contributed by atoms with E-state index in [-0.39, 0.29) is 5.69 Å². The Hall–Kier alpha value is -3.09. The molecular weight excluding hydrogens is 324 g/mol. The van der Waals surface area contributed by atoms with Gasteiger partial charge in [0.25, 0.3) is 0 Å². The Kier molecular flexibility index (Phi) is 3.97. The highest BCUT2D eigenvalue weighted by molar-refractivity contribution is 5.67. The van der Waals surface area contributed by atoms with E-state index < -0.39 is 11.6 Å². The van der Waals surface area contributed by atoms with E-state index in [0.29, 0.717) is 23.5 Å². The zero-order valence-electron chi connectivity index (χ0n) is 13.2. The number of nitrogens with one attached hydrogen (secondary N) is 2. The van der Waals surface area contributed by atoms with Crippen LogP contribution < -0.4 is 10.6 Å². The molecule has 0 aliphatic heterocycles. The van der Waals surface area contributed by atoms with Crippen LogP contribution >= 0.6 is 0 Å². The van der Waals surface area contributed by atoms with Gasteiger partial charge in [-0.15, -0.1) is 0 Å². The number of benzene rings is 1. The Morgan fingerprint density at radius 3 is 2.56 bits per heavy atom. The predicted octanol–water partition coefficient (Wildman–Crippen LogP) is 4.13. The molecule has 1 aliphatic rings. The maximum atomic E-state index is 13.9. The van der Waals surface area contributed by atoms with Crippen LogP contribution in [0.5, 0.6) is 0 Å². The van der Waals surface area contributed by atoms with Gasteiger partial charge in [-0.25, -0.2) is 13.8 Å². The topological polar surface area (TPSA) is 62.7 Å². The molecule has 0 amide bonds. The lowest BCUT2D eigenvalue weighted by Crippen LogP contribution is -2.08. The molecule has 126 valence electrons. The zero-order chi connectivity index (χ0) is 17.2. The summed E-state index contributed by atoms with van der Waals surface area (Å²) in [6.07, 6.45) is 5.49. The summed E-state index contributed by atoms with van der Waals surface area (Å²) in [5.74, 6) is -1.02. The highest BCUT2D eigenvalue weighted by Crippen LogP contribution is 2.28. The fraction of sp³-hybridized carbons (Fsp3) is 0.167. The van der Waals surface area contributed by atoms with Crippen LogP contribution in [0, 0.1) is 11.6 Å². The lowest BCUT2D eigenvalue weighted by molar-refractivity contribution is 0.511. The SMILES string of the molecule is Fc1cccc(Nc2cc(-c3ccncc3)nc(NC3CC3)n2)c1F. The maximum Gasteiger partial charge on any atom is 0.225 e. The predicted molar refractivity (Wildman–Crippen MR) is 91.5 cm³/mol. The molecule has 2 aromatic heterocycles. The molecule has 25 heavy (non-hydrogen) atoms. The van der Waals surface area contributed by atoms with Crippen LogP contribution in [-0.4, -0.2) is 21.0 Å². The number of hydrogen-bond acceptors (Lipinski definition) is 5. The number of aromatic nitrogens is 3. The summed E-state index contributed by atoms with van der Waals surface area (Å²) in [6, 6.07) is 9.69. The molecule has 1 saturated carbocycles. The molecule has 2 N–H and O–H groups in total. The van der Waals surface area contributed by atoms with Crippen molar-refractivity contribution in [2.24, 2.45) is 0 Å². The Labute approximate surface area is 143 Å².